The van der Waals surface area contributed by atoms with Crippen LogP contribution in [-0.2, 0) is 9.47 Å². The summed E-state index contributed by atoms with van der Waals surface area (Å²) < 4.78 is 11.5. The van der Waals surface area contributed by atoms with Crippen LogP contribution in [0.25, 0.3) is 0 Å². The predicted octanol–water partition coefficient (Wildman–Crippen LogP) is 5.03. The van der Waals surface area contributed by atoms with Crippen LogP contribution < -0.4 is 0 Å². The molecule has 0 aromatic heterocycles. The average Bonchev–Trinajstić information content (AvgIpc) is 2.67. The Bertz CT molecular complexity index is 696. The van der Waals surface area contributed by atoms with E-state index < -0.39 is 6.29 Å². The highest BCUT2D eigenvalue weighted by Gasteiger charge is 2.26. The first-order chi connectivity index (χ1) is 12.6. The summed E-state index contributed by atoms with van der Waals surface area (Å²) in [5, 5.41) is 9.39. The molecule has 0 radical (unpaired) electrons. The Morgan fingerprint density at radius 3 is 2.62 bits per heavy atom. The van der Waals surface area contributed by atoms with Crippen LogP contribution in [-0.4, -0.2) is 23.5 Å². The molecule has 1 aliphatic heterocycles. The van der Waals surface area contributed by atoms with Crippen molar-refractivity contribution in [2.45, 2.75) is 57.3 Å². The minimum Gasteiger partial charge on any atom is -0.508 e. The highest BCUT2D eigenvalue weighted by molar-refractivity contribution is 5.89. The zero-order valence-corrected chi connectivity index (χ0v) is 15.1. The van der Waals surface area contributed by atoms with Gasteiger partial charge in [0.05, 0.1) is 11.7 Å². The molecule has 2 aromatic rings. The van der Waals surface area contributed by atoms with E-state index in [9.17, 15) is 9.90 Å². The number of phenols is 1. The minimum atomic E-state index is -0.453. The molecule has 0 bridgehead atoms. The van der Waals surface area contributed by atoms with Crippen LogP contribution in [0.5, 0.6) is 5.75 Å². The number of esters is 1. The third-order valence-electron chi connectivity index (χ3n) is 4.94. The maximum absolute atomic E-state index is 12.2. The Morgan fingerprint density at radius 1 is 1.15 bits per heavy atom. The summed E-state index contributed by atoms with van der Waals surface area (Å²) in [5.41, 5.74) is 1.77. The van der Waals surface area contributed by atoms with E-state index in [2.05, 4.69) is 6.92 Å². The Balaban J connectivity index is 1.47. The SMILES string of the molecule is CC(CCC1CCCC(OC(=O)c2ccccc2)O1)c1ccc(O)cc1. The van der Waals surface area contributed by atoms with Gasteiger partial charge in [-0.05, 0) is 61.4 Å². The van der Waals surface area contributed by atoms with E-state index in [0.717, 1.165) is 32.1 Å². The van der Waals surface area contributed by atoms with Gasteiger partial charge in [0.2, 0.25) is 6.29 Å². The summed E-state index contributed by atoms with van der Waals surface area (Å²) in [6, 6.07) is 16.4. The van der Waals surface area contributed by atoms with Crippen LogP contribution in [0.2, 0.25) is 0 Å². The molecular weight excluding hydrogens is 328 g/mol. The second kappa shape index (κ2) is 8.86. The molecule has 0 aliphatic carbocycles. The lowest BCUT2D eigenvalue weighted by Crippen LogP contribution is -2.31. The van der Waals surface area contributed by atoms with Crippen molar-refractivity contribution in [1.29, 1.82) is 0 Å². The third-order valence-corrected chi connectivity index (χ3v) is 4.94. The number of phenolic OH excluding ortho intramolecular Hbond substituents is 1. The number of hydrogen-bond donors (Lipinski definition) is 1. The van der Waals surface area contributed by atoms with Crippen molar-refractivity contribution in [3.63, 3.8) is 0 Å². The summed E-state index contributed by atoms with van der Waals surface area (Å²) in [5.74, 6) is 0.361. The molecule has 1 heterocycles. The molecule has 0 amide bonds. The van der Waals surface area contributed by atoms with Crippen molar-refractivity contribution in [3.05, 3.63) is 65.7 Å². The van der Waals surface area contributed by atoms with Gasteiger partial charge in [-0.2, -0.15) is 0 Å². The van der Waals surface area contributed by atoms with Crippen molar-refractivity contribution in [3.8, 4) is 5.75 Å². The van der Waals surface area contributed by atoms with Crippen molar-refractivity contribution >= 4 is 5.97 Å². The third kappa shape index (κ3) is 5.09. The zero-order chi connectivity index (χ0) is 18.4. The van der Waals surface area contributed by atoms with Crippen LogP contribution in [0.1, 0.15) is 60.9 Å². The quantitative estimate of drug-likeness (QED) is 0.739. The Morgan fingerprint density at radius 2 is 1.88 bits per heavy atom. The molecule has 0 spiro atoms. The van der Waals surface area contributed by atoms with Crippen LogP contribution in [0.3, 0.4) is 0 Å². The molecule has 3 rings (SSSR count). The highest BCUT2D eigenvalue weighted by atomic mass is 16.7. The van der Waals surface area contributed by atoms with Crippen LogP contribution >= 0.6 is 0 Å². The van der Waals surface area contributed by atoms with Gasteiger partial charge >= 0.3 is 5.97 Å². The monoisotopic (exact) mass is 354 g/mol. The molecule has 3 atom stereocenters. The average molecular weight is 354 g/mol. The fraction of sp³-hybridized carbons (Fsp3) is 0.409. The number of rotatable bonds is 6. The van der Waals surface area contributed by atoms with Crippen molar-refractivity contribution in [2.24, 2.45) is 0 Å². The van der Waals surface area contributed by atoms with E-state index in [4.69, 9.17) is 9.47 Å². The van der Waals surface area contributed by atoms with E-state index in [0.29, 0.717) is 17.2 Å². The van der Waals surface area contributed by atoms with E-state index in [1.807, 2.05) is 30.3 Å². The second-order valence-corrected chi connectivity index (χ2v) is 6.96. The first-order valence-electron chi connectivity index (χ1n) is 9.32. The zero-order valence-electron chi connectivity index (χ0n) is 15.1. The smallest absolute Gasteiger partial charge is 0.340 e. The molecule has 138 valence electrons. The fourth-order valence-electron chi connectivity index (χ4n) is 3.33. The maximum Gasteiger partial charge on any atom is 0.340 e. The Kier molecular flexibility index (Phi) is 6.29. The minimum absolute atomic E-state index is 0.122. The number of carbonyl (C=O) groups is 1. The first kappa shape index (κ1) is 18.5. The summed E-state index contributed by atoms with van der Waals surface area (Å²) >= 11 is 0. The molecule has 3 unspecified atom stereocenters. The number of ether oxygens (including phenoxy) is 2. The van der Waals surface area contributed by atoms with Gasteiger partial charge in [-0.25, -0.2) is 4.79 Å². The van der Waals surface area contributed by atoms with Crippen molar-refractivity contribution in [1.82, 2.24) is 0 Å². The van der Waals surface area contributed by atoms with Gasteiger partial charge in [-0.15, -0.1) is 0 Å². The van der Waals surface area contributed by atoms with Crippen LogP contribution in [0.15, 0.2) is 54.6 Å². The number of hydrogen-bond acceptors (Lipinski definition) is 4. The summed E-state index contributed by atoms with van der Waals surface area (Å²) in [6.07, 6.45) is 4.35. The normalized spacial score (nSPS) is 21.1. The fourth-order valence-corrected chi connectivity index (χ4v) is 3.33. The molecule has 4 heteroatoms. The molecule has 4 nitrogen and oxygen atoms in total. The molecule has 0 saturated carbocycles. The van der Waals surface area contributed by atoms with E-state index >= 15 is 0 Å². The van der Waals surface area contributed by atoms with Gasteiger partial charge in [-0.3, -0.25) is 0 Å². The molecule has 2 aromatic carbocycles. The largest absolute Gasteiger partial charge is 0.508 e. The molecular formula is C22H26O4. The lowest BCUT2D eigenvalue weighted by Gasteiger charge is -2.30. The Labute approximate surface area is 154 Å². The van der Waals surface area contributed by atoms with Gasteiger partial charge in [-0.1, -0.05) is 37.3 Å². The number of carbonyl (C=O) groups excluding carboxylic acids is 1. The van der Waals surface area contributed by atoms with Crippen LogP contribution in [0, 0.1) is 0 Å². The molecule has 1 saturated heterocycles. The number of aromatic hydroxyl groups is 1. The standard InChI is InChI=1S/C22H26O4/c1-16(17-11-13-19(23)14-12-17)10-15-20-8-5-9-21(25-20)26-22(24)18-6-3-2-4-7-18/h2-4,6-7,11-14,16,20-21,23H,5,8-10,15H2,1H3. The lowest BCUT2D eigenvalue weighted by atomic mass is 9.93. The van der Waals surface area contributed by atoms with Gasteiger partial charge in [0.15, 0.2) is 0 Å². The van der Waals surface area contributed by atoms with Crippen molar-refractivity contribution in [2.75, 3.05) is 0 Å². The van der Waals surface area contributed by atoms with Gasteiger partial charge in [0.1, 0.15) is 5.75 Å². The van der Waals surface area contributed by atoms with Gasteiger partial charge < -0.3 is 14.6 Å². The highest BCUT2D eigenvalue weighted by Crippen LogP contribution is 2.28. The summed E-state index contributed by atoms with van der Waals surface area (Å²) in [7, 11) is 0. The van der Waals surface area contributed by atoms with E-state index in [1.165, 1.54) is 5.56 Å². The van der Waals surface area contributed by atoms with Crippen molar-refractivity contribution < 1.29 is 19.4 Å². The van der Waals surface area contributed by atoms with Gasteiger partial charge in [0.25, 0.3) is 0 Å². The lowest BCUT2D eigenvalue weighted by molar-refractivity contribution is -0.167. The van der Waals surface area contributed by atoms with Gasteiger partial charge in [0, 0.05) is 6.42 Å². The summed E-state index contributed by atoms with van der Waals surface area (Å²) in [6.45, 7) is 2.18. The molecule has 26 heavy (non-hydrogen) atoms. The summed E-state index contributed by atoms with van der Waals surface area (Å²) in [4.78, 5) is 12.2. The molecule has 1 fully saturated rings. The maximum atomic E-state index is 12.2. The topological polar surface area (TPSA) is 55.8 Å². The Hall–Kier alpha value is -2.33. The van der Waals surface area contributed by atoms with Crippen LogP contribution in [0.4, 0.5) is 0 Å². The van der Waals surface area contributed by atoms with E-state index in [1.54, 1.807) is 24.3 Å². The molecule has 1 N–H and O–H groups in total. The number of benzene rings is 2. The first-order valence-corrected chi connectivity index (χ1v) is 9.32. The predicted molar refractivity (Wildman–Crippen MR) is 100 cm³/mol. The second-order valence-electron chi connectivity index (χ2n) is 6.96. The van der Waals surface area contributed by atoms with E-state index in [-0.39, 0.29) is 12.1 Å². The molecule has 1 aliphatic rings.